The van der Waals surface area contributed by atoms with Crippen molar-refractivity contribution in [1.29, 1.82) is 0 Å². The average Bonchev–Trinajstić information content (AvgIpc) is 2.61. The van der Waals surface area contributed by atoms with E-state index in [4.69, 9.17) is 10.8 Å². The van der Waals surface area contributed by atoms with Gasteiger partial charge in [-0.3, -0.25) is 0 Å². The molecule has 0 spiro atoms. The zero-order valence-corrected chi connectivity index (χ0v) is 10.8. The van der Waals surface area contributed by atoms with Crippen molar-refractivity contribution in [1.82, 2.24) is 4.90 Å². The van der Waals surface area contributed by atoms with E-state index in [2.05, 4.69) is 11.6 Å². The highest BCUT2D eigenvalue weighted by molar-refractivity contribution is 8.00. The maximum absolute atomic E-state index is 10.0. The molecule has 2 heterocycles. The summed E-state index contributed by atoms with van der Waals surface area (Å²) in [4.78, 5) is 5.77. The standard InChI is InChI=1S/C11H17N3O3S/c1-5-3-14(6(2)13-10(5)12)11-9(17)8(16)7(4-15)18-11/h3,7-9,11,15-17H,2,4H2,1H3,(H2,12,13)/t7-,8?,9+,11-/m1/s1. The highest BCUT2D eigenvalue weighted by atomic mass is 32.2. The summed E-state index contributed by atoms with van der Waals surface area (Å²) >= 11 is 1.30. The summed E-state index contributed by atoms with van der Waals surface area (Å²) in [6.45, 7) is 5.40. The van der Waals surface area contributed by atoms with E-state index >= 15 is 0 Å². The maximum atomic E-state index is 10.0. The molecule has 18 heavy (non-hydrogen) atoms. The number of nitrogens with zero attached hydrogens (tertiary/aromatic N) is 2. The van der Waals surface area contributed by atoms with Gasteiger partial charge in [-0.2, -0.15) is 0 Å². The number of aliphatic hydroxyl groups excluding tert-OH is 3. The van der Waals surface area contributed by atoms with Crippen LogP contribution in [0.15, 0.2) is 29.2 Å². The number of thioether (sulfide) groups is 1. The van der Waals surface area contributed by atoms with Gasteiger partial charge in [0, 0.05) is 11.8 Å². The van der Waals surface area contributed by atoms with Crippen LogP contribution < -0.4 is 5.73 Å². The molecule has 0 aromatic rings. The van der Waals surface area contributed by atoms with Gasteiger partial charge in [0.25, 0.3) is 0 Å². The minimum Gasteiger partial charge on any atom is -0.395 e. The van der Waals surface area contributed by atoms with Crippen LogP contribution in [0.4, 0.5) is 0 Å². The summed E-state index contributed by atoms with van der Waals surface area (Å²) in [5, 5.41) is 28.1. The molecule has 5 N–H and O–H groups in total. The predicted octanol–water partition coefficient (Wildman–Crippen LogP) is -0.810. The van der Waals surface area contributed by atoms with Crippen LogP contribution in [-0.2, 0) is 0 Å². The second-order valence-corrected chi connectivity index (χ2v) is 5.72. The lowest BCUT2D eigenvalue weighted by Crippen LogP contribution is -2.41. The predicted molar refractivity (Wildman–Crippen MR) is 70.6 cm³/mol. The van der Waals surface area contributed by atoms with Gasteiger partial charge in [-0.25, -0.2) is 4.99 Å². The summed E-state index contributed by atoms with van der Waals surface area (Å²) in [5.41, 5.74) is 6.46. The second-order valence-electron chi connectivity index (χ2n) is 4.36. The Balaban J connectivity index is 2.21. The lowest BCUT2D eigenvalue weighted by Gasteiger charge is -2.32. The zero-order chi connectivity index (χ0) is 13.4. The fourth-order valence-electron chi connectivity index (χ4n) is 1.96. The Morgan fingerprint density at radius 2 is 2.17 bits per heavy atom. The van der Waals surface area contributed by atoms with Crippen LogP contribution in [0.2, 0.25) is 0 Å². The van der Waals surface area contributed by atoms with Gasteiger partial charge < -0.3 is 26.0 Å². The Hall–Kier alpha value is -1.02. The van der Waals surface area contributed by atoms with Crippen LogP contribution in [0.3, 0.4) is 0 Å². The summed E-state index contributed by atoms with van der Waals surface area (Å²) < 4.78 is 0. The number of hydrogen-bond acceptors (Lipinski definition) is 7. The van der Waals surface area contributed by atoms with E-state index in [1.165, 1.54) is 11.8 Å². The molecule has 1 saturated heterocycles. The normalized spacial score (nSPS) is 36.7. The van der Waals surface area contributed by atoms with Gasteiger partial charge >= 0.3 is 0 Å². The fraction of sp³-hybridized carbons (Fsp3) is 0.545. The molecule has 2 aliphatic heterocycles. The number of rotatable bonds is 2. The average molecular weight is 271 g/mol. The third-order valence-corrected chi connectivity index (χ3v) is 4.64. The highest BCUT2D eigenvalue weighted by Crippen LogP contribution is 2.38. The van der Waals surface area contributed by atoms with E-state index in [1.54, 1.807) is 11.1 Å². The van der Waals surface area contributed by atoms with Crippen molar-refractivity contribution in [3.8, 4) is 0 Å². The van der Waals surface area contributed by atoms with E-state index in [0.717, 1.165) is 5.57 Å². The summed E-state index contributed by atoms with van der Waals surface area (Å²) in [5.74, 6) is 0.813. The van der Waals surface area contributed by atoms with Gasteiger partial charge in [0.05, 0.1) is 18.0 Å². The first kappa shape index (κ1) is 13.4. The number of aliphatic hydroxyl groups is 3. The largest absolute Gasteiger partial charge is 0.395 e. The van der Waals surface area contributed by atoms with Gasteiger partial charge in [0.2, 0.25) is 0 Å². The van der Waals surface area contributed by atoms with Gasteiger partial charge in [-0.1, -0.05) is 6.58 Å². The van der Waals surface area contributed by atoms with Crippen LogP contribution in [0.1, 0.15) is 6.92 Å². The molecule has 4 atom stereocenters. The van der Waals surface area contributed by atoms with Gasteiger partial charge in [0.15, 0.2) is 0 Å². The van der Waals surface area contributed by atoms with E-state index in [9.17, 15) is 10.2 Å². The molecule has 0 radical (unpaired) electrons. The van der Waals surface area contributed by atoms with Crippen LogP contribution in [0.5, 0.6) is 0 Å². The molecule has 1 unspecified atom stereocenters. The van der Waals surface area contributed by atoms with Crippen molar-refractivity contribution in [3.63, 3.8) is 0 Å². The number of nitrogens with two attached hydrogens (primary N) is 1. The quantitative estimate of drug-likeness (QED) is 0.524. The molecule has 100 valence electrons. The maximum Gasteiger partial charge on any atom is 0.130 e. The lowest BCUT2D eigenvalue weighted by atomic mass is 10.1. The molecule has 6 nitrogen and oxygen atoms in total. The Bertz CT molecular complexity index is 424. The third kappa shape index (κ3) is 2.14. The summed E-state index contributed by atoms with van der Waals surface area (Å²) in [7, 11) is 0. The van der Waals surface area contributed by atoms with E-state index < -0.39 is 22.8 Å². The van der Waals surface area contributed by atoms with Gasteiger partial charge in [-0.05, 0) is 6.92 Å². The molecule has 1 fully saturated rings. The van der Waals surface area contributed by atoms with Crippen molar-refractivity contribution >= 4 is 17.6 Å². The number of amidine groups is 1. The van der Waals surface area contributed by atoms with Crippen molar-refractivity contribution in [3.05, 3.63) is 24.2 Å². The minimum atomic E-state index is -0.970. The second kappa shape index (κ2) is 4.93. The van der Waals surface area contributed by atoms with Gasteiger partial charge in [-0.15, -0.1) is 11.8 Å². The zero-order valence-electron chi connectivity index (χ0n) is 10.0. The molecule has 0 aromatic heterocycles. The number of aliphatic imine (C=N–C) groups is 1. The first-order valence-corrected chi connectivity index (χ1v) is 6.52. The van der Waals surface area contributed by atoms with Crippen LogP contribution >= 0.6 is 11.8 Å². The van der Waals surface area contributed by atoms with Crippen LogP contribution in [0.25, 0.3) is 0 Å². The highest BCUT2D eigenvalue weighted by Gasteiger charge is 2.45. The topological polar surface area (TPSA) is 102 Å². The van der Waals surface area contributed by atoms with E-state index in [-0.39, 0.29) is 6.61 Å². The van der Waals surface area contributed by atoms with Crippen LogP contribution in [0, 0.1) is 0 Å². The van der Waals surface area contributed by atoms with Crippen molar-refractivity contribution in [2.45, 2.75) is 29.8 Å². The molecular formula is C11H17N3O3S. The molecule has 0 amide bonds. The Morgan fingerprint density at radius 3 is 2.72 bits per heavy atom. The van der Waals surface area contributed by atoms with E-state index in [0.29, 0.717) is 11.7 Å². The monoisotopic (exact) mass is 271 g/mol. The van der Waals surface area contributed by atoms with E-state index in [1.807, 2.05) is 6.92 Å². The molecule has 0 aromatic carbocycles. The minimum absolute atomic E-state index is 0.187. The molecule has 7 heteroatoms. The molecular weight excluding hydrogens is 254 g/mol. The van der Waals surface area contributed by atoms with Crippen molar-refractivity contribution in [2.75, 3.05) is 6.61 Å². The molecule has 2 aliphatic rings. The first-order chi connectivity index (χ1) is 8.45. The number of hydrogen-bond donors (Lipinski definition) is 4. The molecule has 2 rings (SSSR count). The van der Waals surface area contributed by atoms with Crippen LogP contribution in [-0.4, -0.2) is 55.5 Å². The van der Waals surface area contributed by atoms with Crippen molar-refractivity contribution < 1.29 is 15.3 Å². The fourth-order valence-corrected chi connectivity index (χ4v) is 3.37. The molecule has 0 aliphatic carbocycles. The lowest BCUT2D eigenvalue weighted by molar-refractivity contribution is 0.00489. The molecule has 0 bridgehead atoms. The van der Waals surface area contributed by atoms with Gasteiger partial charge in [0.1, 0.15) is 23.1 Å². The Kier molecular flexibility index (Phi) is 3.67. The SMILES string of the molecule is C=C1N=C(N)C(C)=CN1[C@@H]1S[C@H](CO)C(O)[C@@H]1O. The summed E-state index contributed by atoms with van der Waals surface area (Å²) in [6.07, 6.45) is -0.185. The Morgan fingerprint density at radius 1 is 1.50 bits per heavy atom. The third-order valence-electron chi connectivity index (χ3n) is 3.08. The smallest absolute Gasteiger partial charge is 0.130 e. The van der Waals surface area contributed by atoms with Crippen molar-refractivity contribution in [2.24, 2.45) is 10.7 Å². The summed E-state index contributed by atoms with van der Waals surface area (Å²) in [6, 6.07) is 0. The molecule has 0 saturated carbocycles. The Labute approximate surface area is 109 Å². The first-order valence-electron chi connectivity index (χ1n) is 5.58.